The van der Waals surface area contributed by atoms with Crippen molar-refractivity contribution in [2.24, 2.45) is 0 Å². The summed E-state index contributed by atoms with van der Waals surface area (Å²) < 4.78 is 5.70. The van der Waals surface area contributed by atoms with Gasteiger partial charge in [0.1, 0.15) is 11.5 Å². The number of thiophene rings is 2. The van der Waals surface area contributed by atoms with Gasteiger partial charge in [0.2, 0.25) is 5.89 Å². The lowest BCUT2D eigenvalue weighted by Gasteiger charge is -2.19. The highest BCUT2D eigenvalue weighted by atomic mass is 32.1. The lowest BCUT2D eigenvalue weighted by Crippen LogP contribution is -2.40. The average Bonchev–Trinajstić information content (AvgIpc) is 3.34. The Morgan fingerprint density at radius 2 is 2.00 bits per heavy atom. The number of rotatable bonds is 4. The van der Waals surface area contributed by atoms with Crippen molar-refractivity contribution >= 4 is 34.6 Å². The van der Waals surface area contributed by atoms with E-state index < -0.39 is 11.6 Å². The summed E-state index contributed by atoms with van der Waals surface area (Å²) in [7, 11) is 0. The predicted octanol–water partition coefficient (Wildman–Crippen LogP) is 3.74. The van der Waals surface area contributed by atoms with Gasteiger partial charge in [-0.3, -0.25) is 9.69 Å². The minimum absolute atomic E-state index is 0.0896. The number of imide groups is 1. The molecule has 1 fully saturated rings. The van der Waals surface area contributed by atoms with Crippen molar-refractivity contribution in [3.63, 3.8) is 0 Å². The van der Waals surface area contributed by atoms with E-state index >= 15 is 0 Å². The molecule has 128 valence electrons. The minimum atomic E-state index is -1.03. The zero-order chi connectivity index (χ0) is 17.6. The Bertz CT molecular complexity index is 931. The van der Waals surface area contributed by atoms with Crippen molar-refractivity contribution in [3.05, 3.63) is 51.4 Å². The van der Waals surface area contributed by atoms with Crippen LogP contribution >= 0.6 is 22.7 Å². The zero-order valence-corrected chi connectivity index (χ0v) is 15.2. The van der Waals surface area contributed by atoms with Crippen molar-refractivity contribution in [3.8, 4) is 10.8 Å². The van der Waals surface area contributed by atoms with E-state index in [2.05, 4.69) is 10.3 Å². The molecule has 3 amide bonds. The molecule has 4 rings (SSSR count). The summed E-state index contributed by atoms with van der Waals surface area (Å²) >= 11 is 2.97. The van der Waals surface area contributed by atoms with Gasteiger partial charge < -0.3 is 9.73 Å². The third kappa shape index (κ3) is 2.58. The van der Waals surface area contributed by atoms with E-state index in [0.29, 0.717) is 17.3 Å². The minimum Gasteiger partial charge on any atom is -0.440 e. The Labute approximate surface area is 152 Å². The van der Waals surface area contributed by atoms with Crippen molar-refractivity contribution in [2.75, 3.05) is 0 Å². The van der Waals surface area contributed by atoms with Crippen LogP contribution in [-0.4, -0.2) is 21.8 Å². The van der Waals surface area contributed by atoms with Crippen LogP contribution in [0.2, 0.25) is 0 Å². The number of nitrogens with zero attached hydrogens (tertiary/aromatic N) is 2. The SMILES string of the molecule is Cc1oc(-c2cccs2)nc1CN1C(=O)NC(C)(c2cccs2)C1=O. The van der Waals surface area contributed by atoms with Gasteiger partial charge in [-0.15, -0.1) is 22.7 Å². The highest BCUT2D eigenvalue weighted by Gasteiger charge is 2.49. The second-order valence-electron chi connectivity index (χ2n) is 5.92. The summed E-state index contributed by atoms with van der Waals surface area (Å²) in [6.07, 6.45) is 0. The van der Waals surface area contributed by atoms with Crippen molar-refractivity contribution in [2.45, 2.75) is 25.9 Å². The summed E-state index contributed by atoms with van der Waals surface area (Å²) in [5.41, 5.74) is -0.443. The molecule has 1 N–H and O–H groups in total. The third-order valence-electron chi connectivity index (χ3n) is 4.22. The first-order chi connectivity index (χ1) is 12.0. The molecule has 1 aliphatic rings. The Balaban J connectivity index is 1.61. The highest BCUT2D eigenvalue weighted by Crippen LogP contribution is 2.33. The van der Waals surface area contributed by atoms with Crippen LogP contribution in [0.25, 0.3) is 10.8 Å². The molecule has 8 heteroatoms. The Kier molecular flexibility index (Phi) is 3.73. The van der Waals surface area contributed by atoms with Crippen LogP contribution in [-0.2, 0) is 16.9 Å². The summed E-state index contributed by atoms with van der Waals surface area (Å²) in [5.74, 6) is 0.837. The topological polar surface area (TPSA) is 75.4 Å². The standard InChI is InChI=1S/C17H15N3O3S2/c1-10-11(18-14(23-10)12-5-3-7-24-12)9-20-15(21)17(2,19-16(20)22)13-6-4-8-25-13/h3-8H,9H2,1-2H3,(H,19,22). The van der Waals surface area contributed by atoms with E-state index in [1.807, 2.05) is 35.0 Å². The van der Waals surface area contributed by atoms with Crippen LogP contribution in [0.15, 0.2) is 39.4 Å². The number of hydrogen-bond acceptors (Lipinski definition) is 6. The molecule has 6 nitrogen and oxygen atoms in total. The quantitative estimate of drug-likeness (QED) is 0.707. The first-order valence-electron chi connectivity index (χ1n) is 7.67. The number of aryl methyl sites for hydroxylation is 1. The number of oxazole rings is 1. The fraction of sp³-hybridized carbons (Fsp3) is 0.235. The van der Waals surface area contributed by atoms with Gasteiger partial charge in [0.05, 0.1) is 11.4 Å². The lowest BCUT2D eigenvalue weighted by atomic mass is 10.0. The molecule has 4 heterocycles. The first-order valence-corrected chi connectivity index (χ1v) is 9.43. The number of nitrogens with one attached hydrogen (secondary N) is 1. The number of carbonyl (C=O) groups excluding carboxylic acids is 2. The molecule has 0 spiro atoms. The molecule has 1 saturated heterocycles. The number of hydrogen-bond donors (Lipinski definition) is 1. The highest BCUT2D eigenvalue weighted by molar-refractivity contribution is 7.13. The van der Waals surface area contributed by atoms with E-state index in [4.69, 9.17) is 4.42 Å². The normalized spacial score (nSPS) is 20.3. The molecule has 0 bridgehead atoms. The maximum absolute atomic E-state index is 12.9. The van der Waals surface area contributed by atoms with Gasteiger partial charge in [0.25, 0.3) is 5.91 Å². The molecule has 0 aliphatic carbocycles. The van der Waals surface area contributed by atoms with Crippen LogP contribution < -0.4 is 5.32 Å². The molecule has 3 aromatic rings. The number of aromatic nitrogens is 1. The van der Waals surface area contributed by atoms with Gasteiger partial charge in [-0.05, 0) is 36.7 Å². The van der Waals surface area contributed by atoms with E-state index in [0.717, 1.165) is 9.75 Å². The van der Waals surface area contributed by atoms with Gasteiger partial charge in [0, 0.05) is 4.88 Å². The van der Waals surface area contributed by atoms with Crippen LogP contribution in [0.5, 0.6) is 0 Å². The van der Waals surface area contributed by atoms with E-state index in [1.165, 1.54) is 27.6 Å². The molecule has 1 unspecified atom stereocenters. The molecular weight excluding hydrogens is 358 g/mol. The Morgan fingerprint density at radius 1 is 1.24 bits per heavy atom. The van der Waals surface area contributed by atoms with Crippen molar-refractivity contribution in [1.82, 2.24) is 15.2 Å². The molecule has 0 radical (unpaired) electrons. The molecule has 0 saturated carbocycles. The second kappa shape index (κ2) is 5.82. The predicted molar refractivity (Wildman–Crippen MR) is 95.3 cm³/mol. The van der Waals surface area contributed by atoms with Crippen LogP contribution in [0.3, 0.4) is 0 Å². The zero-order valence-electron chi connectivity index (χ0n) is 13.6. The van der Waals surface area contributed by atoms with Gasteiger partial charge in [-0.2, -0.15) is 0 Å². The smallest absolute Gasteiger partial charge is 0.325 e. The molecule has 1 aliphatic heterocycles. The average molecular weight is 373 g/mol. The van der Waals surface area contributed by atoms with E-state index in [1.54, 1.807) is 13.8 Å². The van der Waals surface area contributed by atoms with Gasteiger partial charge in [-0.1, -0.05) is 12.1 Å². The van der Waals surface area contributed by atoms with Gasteiger partial charge >= 0.3 is 6.03 Å². The summed E-state index contributed by atoms with van der Waals surface area (Å²) in [5, 5.41) is 6.63. The molecule has 25 heavy (non-hydrogen) atoms. The molecule has 3 aromatic heterocycles. The van der Waals surface area contributed by atoms with E-state index in [-0.39, 0.29) is 12.5 Å². The summed E-state index contributed by atoms with van der Waals surface area (Å²) in [6, 6.07) is 7.14. The Hall–Kier alpha value is -2.45. The maximum atomic E-state index is 12.9. The van der Waals surface area contributed by atoms with Crippen LogP contribution in [0, 0.1) is 6.92 Å². The lowest BCUT2D eigenvalue weighted by molar-refractivity contribution is -0.131. The fourth-order valence-corrected chi connectivity index (χ4v) is 4.28. The molecule has 1 atom stereocenters. The third-order valence-corrected chi connectivity index (χ3v) is 6.17. The fourth-order valence-electron chi connectivity index (χ4n) is 2.80. The molecule has 0 aromatic carbocycles. The van der Waals surface area contributed by atoms with Crippen molar-refractivity contribution in [1.29, 1.82) is 0 Å². The monoisotopic (exact) mass is 373 g/mol. The summed E-state index contributed by atoms with van der Waals surface area (Å²) in [6.45, 7) is 3.61. The van der Waals surface area contributed by atoms with Crippen LogP contribution in [0.4, 0.5) is 4.79 Å². The first kappa shape index (κ1) is 16.0. The number of urea groups is 1. The van der Waals surface area contributed by atoms with E-state index in [9.17, 15) is 9.59 Å². The second-order valence-corrected chi connectivity index (χ2v) is 7.82. The summed E-state index contributed by atoms with van der Waals surface area (Å²) in [4.78, 5) is 32.7. The molecular formula is C17H15N3O3S2. The largest absolute Gasteiger partial charge is 0.440 e. The number of amides is 3. The number of carbonyl (C=O) groups is 2. The van der Waals surface area contributed by atoms with Gasteiger partial charge in [-0.25, -0.2) is 9.78 Å². The van der Waals surface area contributed by atoms with Crippen LogP contribution in [0.1, 0.15) is 23.3 Å². The van der Waals surface area contributed by atoms with Gasteiger partial charge in [0.15, 0.2) is 5.54 Å². The Morgan fingerprint density at radius 3 is 2.68 bits per heavy atom. The van der Waals surface area contributed by atoms with Crippen molar-refractivity contribution < 1.29 is 14.0 Å². The maximum Gasteiger partial charge on any atom is 0.325 e.